The lowest BCUT2D eigenvalue weighted by molar-refractivity contribution is 0.0595. The zero-order chi connectivity index (χ0) is 16.3. The molecule has 0 saturated heterocycles. The first-order chi connectivity index (χ1) is 10.5. The predicted octanol–water partition coefficient (Wildman–Crippen LogP) is 4.21. The Balaban J connectivity index is 2.39. The van der Waals surface area contributed by atoms with Crippen LogP contribution in [0.1, 0.15) is 10.4 Å². The van der Waals surface area contributed by atoms with E-state index in [1.165, 1.54) is 25.3 Å². The molecule has 0 radical (unpaired) electrons. The lowest BCUT2D eigenvalue weighted by atomic mass is 10.2. The van der Waals surface area contributed by atoms with Crippen molar-refractivity contribution < 1.29 is 27.8 Å². The third kappa shape index (κ3) is 3.28. The van der Waals surface area contributed by atoms with Crippen molar-refractivity contribution in [3.8, 4) is 17.2 Å². The Kier molecular flexibility index (Phi) is 4.82. The van der Waals surface area contributed by atoms with Crippen molar-refractivity contribution in [3.63, 3.8) is 0 Å². The van der Waals surface area contributed by atoms with Crippen LogP contribution in [-0.2, 0) is 4.74 Å². The number of esters is 1. The van der Waals surface area contributed by atoms with Gasteiger partial charge in [-0.25, -0.2) is 13.6 Å². The number of carbonyl (C=O) groups is 1. The first-order valence-corrected chi connectivity index (χ1v) is 6.42. The van der Waals surface area contributed by atoms with Crippen LogP contribution < -0.4 is 9.47 Å². The van der Waals surface area contributed by atoms with Crippen molar-refractivity contribution >= 4 is 17.6 Å². The third-order valence-corrected chi connectivity index (χ3v) is 3.01. The van der Waals surface area contributed by atoms with Gasteiger partial charge in [0.05, 0.1) is 19.8 Å². The average molecular weight is 329 g/mol. The van der Waals surface area contributed by atoms with Crippen molar-refractivity contribution in [2.45, 2.75) is 0 Å². The fourth-order valence-electron chi connectivity index (χ4n) is 1.72. The lowest BCUT2D eigenvalue weighted by Crippen LogP contribution is -2.06. The Morgan fingerprint density at radius 2 is 1.73 bits per heavy atom. The molecule has 0 unspecified atom stereocenters. The molecule has 2 aromatic carbocycles. The van der Waals surface area contributed by atoms with E-state index < -0.39 is 28.9 Å². The van der Waals surface area contributed by atoms with Gasteiger partial charge in [0, 0.05) is 17.2 Å². The van der Waals surface area contributed by atoms with Gasteiger partial charge in [0.2, 0.25) is 0 Å². The summed E-state index contributed by atoms with van der Waals surface area (Å²) >= 11 is 5.81. The Morgan fingerprint density at radius 3 is 2.36 bits per heavy atom. The minimum Gasteiger partial charge on any atom is -0.493 e. The van der Waals surface area contributed by atoms with E-state index in [4.69, 9.17) is 21.1 Å². The molecule has 0 N–H and O–H groups in total. The van der Waals surface area contributed by atoms with Crippen molar-refractivity contribution in [2.24, 2.45) is 0 Å². The summed E-state index contributed by atoms with van der Waals surface area (Å²) < 4.78 is 42.5. The van der Waals surface area contributed by atoms with Crippen LogP contribution in [-0.4, -0.2) is 20.2 Å². The molecule has 0 aliphatic rings. The van der Waals surface area contributed by atoms with Crippen LogP contribution >= 0.6 is 11.6 Å². The summed E-state index contributed by atoms with van der Waals surface area (Å²) in [5.41, 5.74) is -0.518. The molecule has 0 heterocycles. The Morgan fingerprint density at radius 1 is 1.00 bits per heavy atom. The van der Waals surface area contributed by atoms with Gasteiger partial charge in [-0.2, -0.15) is 0 Å². The van der Waals surface area contributed by atoms with Crippen molar-refractivity contribution in [1.82, 2.24) is 0 Å². The number of benzene rings is 2. The van der Waals surface area contributed by atoms with E-state index in [0.717, 1.165) is 13.2 Å². The van der Waals surface area contributed by atoms with Gasteiger partial charge in [-0.15, -0.1) is 0 Å². The molecule has 0 saturated carbocycles. The molecule has 0 fully saturated rings. The van der Waals surface area contributed by atoms with Gasteiger partial charge in [-0.3, -0.25) is 0 Å². The number of hydrogen-bond donors (Lipinski definition) is 0. The van der Waals surface area contributed by atoms with Gasteiger partial charge in [0.15, 0.2) is 23.1 Å². The van der Waals surface area contributed by atoms with E-state index in [0.29, 0.717) is 11.1 Å². The van der Waals surface area contributed by atoms with Crippen LogP contribution in [0, 0.1) is 11.6 Å². The number of halogens is 3. The molecule has 0 amide bonds. The van der Waals surface area contributed by atoms with E-state index >= 15 is 0 Å². The minimum atomic E-state index is -0.980. The van der Waals surface area contributed by atoms with Crippen LogP contribution in [0.25, 0.3) is 0 Å². The molecule has 22 heavy (non-hydrogen) atoms. The number of rotatable bonds is 4. The monoisotopic (exact) mass is 328 g/mol. The summed E-state index contributed by atoms with van der Waals surface area (Å²) in [4.78, 5) is 11.3. The van der Waals surface area contributed by atoms with Crippen molar-refractivity contribution in [2.75, 3.05) is 14.2 Å². The minimum absolute atomic E-state index is 0.149. The van der Waals surface area contributed by atoms with Gasteiger partial charge in [-0.1, -0.05) is 11.6 Å². The summed E-state index contributed by atoms with van der Waals surface area (Å²) in [5, 5.41) is 0.400. The summed E-state index contributed by atoms with van der Waals surface area (Å²) in [6.07, 6.45) is 0. The predicted molar refractivity (Wildman–Crippen MR) is 75.8 cm³/mol. The fourth-order valence-corrected chi connectivity index (χ4v) is 1.88. The average Bonchev–Trinajstić information content (AvgIpc) is 2.51. The van der Waals surface area contributed by atoms with Gasteiger partial charge in [-0.05, 0) is 18.2 Å². The molecule has 2 rings (SSSR count). The van der Waals surface area contributed by atoms with Crippen LogP contribution in [0.15, 0.2) is 30.3 Å². The molecule has 7 heteroatoms. The highest BCUT2D eigenvalue weighted by Gasteiger charge is 2.18. The molecule has 4 nitrogen and oxygen atoms in total. The lowest BCUT2D eigenvalue weighted by Gasteiger charge is -2.12. The van der Waals surface area contributed by atoms with Crippen molar-refractivity contribution in [3.05, 3.63) is 52.6 Å². The second kappa shape index (κ2) is 6.62. The van der Waals surface area contributed by atoms with E-state index in [2.05, 4.69) is 4.74 Å². The summed E-state index contributed by atoms with van der Waals surface area (Å²) in [6, 6.07) is 5.89. The molecule has 2 aromatic rings. The van der Waals surface area contributed by atoms with Gasteiger partial charge < -0.3 is 14.2 Å². The van der Waals surface area contributed by atoms with E-state index in [1.54, 1.807) is 0 Å². The smallest absolute Gasteiger partial charge is 0.340 e. The maximum Gasteiger partial charge on any atom is 0.340 e. The van der Waals surface area contributed by atoms with Crippen LogP contribution in [0.2, 0.25) is 5.02 Å². The van der Waals surface area contributed by atoms with Gasteiger partial charge in [0.25, 0.3) is 0 Å². The molecule has 0 aromatic heterocycles. The van der Waals surface area contributed by atoms with E-state index in [1.807, 2.05) is 0 Å². The topological polar surface area (TPSA) is 44.8 Å². The quantitative estimate of drug-likeness (QED) is 0.789. The molecular formula is C15H11ClF2O4. The fraction of sp³-hybridized carbons (Fsp3) is 0.133. The highest BCUT2D eigenvalue weighted by atomic mass is 35.5. The SMILES string of the molecule is COC(=O)c1cc(F)c(Oc2ccc(Cl)cc2OC)cc1F. The molecule has 0 aliphatic carbocycles. The molecular weight excluding hydrogens is 318 g/mol. The van der Waals surface area contributed by atoms with Gasteiger partial charge in [0.1, 0.15) is 5.82 Å². The van der Waals surface area contributed by atoms with E-state index in [9.17, 15) is 13.6 Å². The number of ether oxygens (including phenoxy) is 3. The Bertz CT molecular complexity index is 719. The molecule has 0 spiro atoms. The molecule has 0 bridgehead atoms. The molecule has 0 atom stereocenters. The second-order valence-corrected chi connectivity index (χ2v) is 4.59. The summed E-state index contributed by atoms with van der Waals surface area (Å²) in [6.45, 7) is 0. The first kappa shape index (κ1) is 16.0. The molecule has 116 valence electrons. The maximum atomic E-state index is 14.0. The van der Waals surface area contributed by atoms with Crippen LogP contribution in [0.4, 0.5) is 8.78 Å². The standard InChI is InChI=1S/C15H11ClF2O4/c1-20-14-5-8(16)3-4-12(14)22-13-7-10(17)9(6-11(13)18)15(19)21-2/h3-7H,1-2H3. The largest absolute Gasteiger partial charge is 0.493 e. The summed E-state index contributed by atoms with van der Waals surface area (Å²) in [7, 11) is 2.46. The number of methoxy groups -OCH3 is 2. The first-order valence-electron chi connectivity index (χ1n) is 6.05. The zero-order valence-electron chi connectivity index (χ0n) is 11.7. The second-order valence-electron chi connectivity index (χ2n) is 4.15. The highest BCUT2D eigenvalue weighted by molar-refractivity contribution is 6.30. The normalized spacial score (nSPS) is 10.2. The number of hydrogen-bond acceptors (Lipinski definition) is 4. The van der Waals surface area contributed by atoms with Crippen molar-refractivity contribution in [1.29, 1.82) is 0 Å². The third-order valence-electron chi connectivity index (χ3n) is 2.77. The highest BCUT2D eigenvalue weighted by Crippen LogP contribution is 2.35. The molecule has 0 aliphatic heterocycles. The van der Waals surface area contributed by atoms with Gasteiger partial charge >= 0.3 is 5.97 Å². The summed E-state index contributed by atoms with van der Waals surface area (Å²) in [5.74, 6) is -2.85. The van der Waals surface area contributed by atoms with Crippen LogP contribution in [0.5, 0.6) is 17.2 Å². The van der Waals surface area contributed by atoms with Crippen LogP contribution in [0.3, 0.4) is 0 Å². The number of carbonyl (C=O) groups excluding carboxylic acids is 1. The maximum absolute atomic E-state index is 14.0. The van der Waals surface area contributed by atoms with E-state index in [-0.39, 0.29) is 11.5 Å². The Labute approximate surface area is 130 Å². The Hall–Kier alpha value is -2.34. The zero-order valence-corrected chi connectivity index (χ0v) is 12.4.